The number of primary amides is 1. The van der Waals surface area contributed by atoms with Gasteiger partial charge in [-0.2, -0.15) is 23.5 Å². The molecule has 0 saturated carbocycles. The van der Waals surface area contributed by atoms with Crippen molar-refractivity contribution in [2.45, 2.75) is 183 Å². The van der Waals surface area contributed by atoms with E-state index in [0.29, 0.717) is 68.3 Å². The summed E-state index contributed by atoms with van der Waals surface area (Å²) in [7, 11) is 3.43. The van der Waals surface area contributed by atoms with Gasteiger partial charge in [-0.15, -0.1) is 0 Å². The smallest absolute Gasteiger partial charge is 0.327 e. The molecule has 0 radical (unpaired) electrons. The second-order valence-electron chi connectivity index (χ2n) is 25.9. The maximum absolute atomic E-state index is 14.9. The summed E-state index contributed by atoms with van der Waals surface area (Å²) in [4.78, 5) is 187. The number of aliphatic hydroxyl groups excluding tert-OH is 1. The number of aliphatic hydroxyl groups is 1. The third-order valence-corrected chi connectivity index (χ3v) is 23.8. The number of benzene rings is 2. The third-order valence-electron chi connectivity index (χ3n) is 17.8. The Morgan fingerprint density at radius 2 is 1.43 bits per heavy atom. The van der Waals surface area contributed by atoms with E-state index in [1.165, 1.54) is 52.0 Å². The van der Waals surface area contributed by atoms with Gasteiger partial charge in [0.15, 0.2) is 0 Å². The predicted molar refractivity (Wildman–Crippen MR) is 384 cm³/mol. The molecule has 9 atom stereocenters. The molecule has 9 amide bonds. The number of carboxylic acid groups (broad SMARTS) is 1. The van der Waals surface area contributed by atoms with Gasteiger partial charge in [-0.3, -0.25) is 38.4 Å². The molecule has 3 fully saturated rings. The van der Waals surface area contributed by atoms with E-state index < -0.39 is 150 Å². The predicted octanol–water partition coefficient (Wildman–Crippen LogP) is 0.458. The Hall–Kier alpha value is -6.92. The fraction of sp³-hybridized carbons (Fsp3) is 0.632. The van der Waals surface area contributed by atoms with Crippen molar-refractivity contribution >= 4 is 130 Å². The Labute approximate surface area is 615 Å². The summed E-state index contributed by atoms with van der Waals surface area (Å²) in [6, 6.07) is 4.08. The van der Waals surface area contributed by atoms with Gasteiger partial charge >= 0.3 is 218 Å². The number of thioether (sulfide) groups is 3. The minimum absolute atomic E-state index is 0.0539. The molecule has 4 heterocycles. The van der Waals surface area contributed by atoms with Gasteiger partial charge in [-0.1, -0.05) is 68.3 Å². The van der Waals surface area contributed by atoms with Gasteiger partial charge in [0, 0.05) is 55.4 Å². The van der Waals surface area contributed by atoms with Crippen molar-refractivity contribution in [2.75, 3.05) is 90.3 Å². The standard InChI is InChI=1S/C63H93N11O16S3.C5H11NO2.Ga/c1-5-7-9-18-53(78)66-46-37-92-35-42-29-41(34-91-28-23-65-52(77)22-20-50(63(89)90)72(6-2)27-26-71(4)33-54(79)80)30-43(31-42)36-93-38-47(62(87)88)69-57(82)45(32-40-14-10-8-11-15-40)68-56(81)44(19-21-51(64)76)67-59(84)55(39(3)75)70-58(83)48-16-12-24-73(48)61(86)49-17-13-25-74(49)60(46)85;1-3-6(2)4-5(7)8;/h8,10-11,14-15,29-31,39,44-50,55,75H,5-7,9,12-13,16-28,32-38H2,1-4H3,(H2,64,76)(H,65,77)(H,66,78)(H,67,84)(H,68,81)(H,69,82)(H,70,83)(H,79,80)(H,87,88)(H,89,90);3-4H2,1-2H3,(H,7,8);/q;;+3/p-3/t39-,44+,45+,46+,47+,48+,49+,50-,55+;;/m1../s1. The van der Waals surface area contributed by atoms with Crippen LogP contribution in [0.2, 0.25) is 0 Å². The molecule has 102 heavy (non-hydrogen) atoms. The molecule has 2 aromatic carbocycles. The first-order chi connectivity index (χ1) is 48.8. The summed E-state index contributed by atoms with van der Waals surface area (Å²) in [5, 5.41) is 37.8. The van der Waals surface area contributed by atoms with Crippen molar-refractivity contribution in [3.8, 4) is 0 Å². The second kappa shape index (κ2) is 43.4. The van der Waals surface area contributed by atoms with Gasteiger partial charge in [0.05, 0.1) is 6.10 Å². The van der Waals surface area contributed by atoms with E-state index in [2.05, 4.69) is 31.9 Å². The molecule has 2 bridgehead atoms. The molecule has 562 valence electrons. The molecular formula is C68H101GaN12O18S3. The van der Waals surface area contributed by atoms with Crippen molar-refractivity contribution in [2.24, 2.45) is 5.73 Å². The number of rotatable bonds is 25. The molecule has 3 saturated heterocycles. The Bertz CT molecular complexity index is 3220. The van der Waals surface area contributed by atoms with Crippen LogP contribution in [0.5, 0.6) is 0 Å². The van der Waals surface area contributed by atoms with Crippen LogP contribution in [0.25, 0.3) is 0 Å². The summed E-state index contributed by atoms with van der Waals surface area (Å²) in [6.45, 7) is 9.00. The molecule has 6 rings (SSSR count). The first-order valence-electron chi connectivity index (χ1n) is 34.9. The molecular weight excluding hydrogens is 1440 g/mol. The van der Waals surface area contributed by atoms with Crippen molar-refractivity contribution in [3.63, 3.8) is 0 Å². The summed E-state index contributed by atoms with van der Waals surface area (Å²) in [5.74, 6) is -8.26. The molecule has 30 nitrogen and oxygen atoms in total. The topological polar surface area (TPSA) is 404 Å². The average Bonchev–Trinajstić information content (AvgIpc) is 1.64. The Morgan fingerprint density at radius 3 is 2.09 bits per heavy atom. The Morgan fingerprint density at radius 1 is 0.765 bits per heavy atom. The third kappa shape index (κ3) is 27.6. The molecule has 2 aromatic rings. The van der Waals surface area contributed by atoms with Crippen LogP contribution in [0, 0.1) is 0 Å². The molecule has 4 aliphatic rings. The van der Waals surface area contributed by atoms with E-state index in [4.69, 9.17) is 16.3 Å². The molecule has 10 N–H and O–H groups in total. The van der Waals surface area contributed by atoms with Crippen LogP contribution in [-0.2, 0) is 96.6 Å². The number of aliphatic carboxylic acids is 1. The van der Waals surface area contributed by atoms with E-state index in [-0.39, 0.29) is 100 Å². The maximum atomic E-state index is 14.9. The molecule has 4 aliphatic heterocycles. The second-order valence-corrected chi connectivity index (χ2v) is 31.8. The summed E-state index contributed by atoms with van der Waals surface area (Å²) in [6.07, 6.45) is 1.13. The van der Waals surface area contributed by atoms with Crippen molar-refractivity contribution in [1.82, 2.24) is 56.4 Å². The number of nitrogens with two attached hydrogens (primary N) is 1. The maximum Gasteiger partial charge on any atom is 0.327 e. The van der Waals surface area contributed by atoms with Crippen LogP contribution >= 0.6 is 35.3 Å². The van der Waals surface area contributed by atoms with Gasteiger partial charge in [-0.25, -0.2) is 4.79 Å². The Kier molecular flexibility index (Phi) is 35.7. The summed E-state index contributed by atoms with van der Waals surface area (Å²) >= 11 is -0.149. The van der Waals surface area contributed by atoms with Crippen molar-refractivity contribution < 1.29 is 83.1 Å². The van der Waals surface area contributed by atoms with Gasteiger partial charge in [0.2, 0.25) is 47.3 Å². The summed E-state index contributed by atoms with van der Waals surface area (Å²) < 4.78 is 16.6. The van der Waals surface area contributed by atoms with Gasteiger partial charge in [-0.05, 0) is 62.1 Å². The van der Waals surface area contributed by atoms with Crippen LogP contribution in [-0.4, -0.2) is 274 Å². The molecule has 34 heteroatoms. The van der Waals surface area contributed by atoms with Gasteiger partial charge in [0.1, 0.15) is 42.3 Å². The number of amides is 9. The number of nitrogens with zero attached hydrogens (tertiary/aromatic N) is 5. The zero-order valence-electron chi connectivity index (χ0n) is 59.2. The number of carbonyl (C=O) groups is 13. The zero-order valence-corrected chi connectivity index (χ0v) is 64.0. The monoisotopic (exact) mass is 1540 g/mol. The first-order valence-corrected chi connectivity index (χ1v) is 41.4. The molecule has 0 aliphatic carbocycles. The van der Waals surface area contributed by atoms with Gasteiger partial charge in [0.25, 0.3) is 0 Å². The van der Waals surface area contributed by atoms with Crippen LogP contribution in [0.3, 0.4) is 0 Å². The van der Waals surface area contributed by atoms with Crippen molar-refractivity contribution in [1.29, 1.82) is 0 Å². The number of likely N-dealkylation sites (N-methyl/N-ethyl adjacent to an activating group) is 3. The van der Waals surface area contributed by atoms with Crippen LogP contribution in [0.1, 0.15) is 127 Å². The number of carboxylic acids is 1. The van der Waals surface area contributed by atoms with Crippen LogP contribution in [0.4, 0.5) is 0 Å². The fourth-order valence-electron chi connectivity index (χ4n) is 12.1. The number of carbonyl (C=O) groups excluding carboxylic acids is 12. The summed E-state index contributed by atoms with van der Waals surface area (Å²) in [5.41, 5.74) is 8.55. The van der Waals surface area contributed by atoms with Crippen LogP contribution < -0.4 is 37.6 Å². The van der Waals surface area contributed by atoms with E-state index >= 15 is 0 Å². The molecule has 0 unspecified atom stereocenters. The minimum Gasteiger partial charge on any atom is -0.480 e. The quantitative estimate of drug-likeness (QED) is 0.0481. The number of hydrogen-bond donors (Lipinski definition) is 9. The number of nitrogens with one attached hydrogen (secondary N) is 6. The molecule has 0 spiro atoms. The van der Waals surface area contributed by atoms with Gasteiger partial charge < -0.3 is 52.3 Å². The number of fused-ring (bicyclic) bond motifs is 4. The first kappa shape index (κ1) is 84.0. The minimum atomic E-state index is -4.26. The number of hydrogen-bond acceptors (Lipinski definition) is 23. The number of unbranched alkanes of at least 4 members (excludes halogenated alkanes) is 2. The van der Waals surface area contributed by atoms with E-state index in [1.807, 2.05) is 43.9 Å². The zero-order chi connectivity index (χ0) is 74.4. The SMILES string of the molecule is CCCCCC(=O)N[C@H]1CSCc2cc(CSCCNC(=O)CC[C@@H]3C(=O)[O][Ga]([O]C(=O)CN(C)CC)[O]C(=O)CN(C)CCN3CC)cc(c2)CSC[C@@H](C(=O)O)NC(=O)[C@H](Cc2ccccc2)NC(=O)[C@H](CCC(N)=O)NC(=O)[C@H]([C@@H](C)O)NC(=O)[C@@H]2CCCN2C(=O)[C@@H]2CCCN2C1=O. The van der Waals surface area contributed by atoms with Crippen molar-refractivity contribution in [3.05, 3.63) is 70.8 Å². The Balaban J connectivity index is 1.25. The normalized spacial score (nSPS) is 23.5. The van der Waals surface area contributed by atoms with E-state index in [0.717, 1.165) is 29.5 Å². The molecule has 0 aromatic heterocycles. The van der Waals surface area contributed by atoms with Crippen LogP contribution in [0.15, 0.2) is 48.5 Å². The average molecular weight is 1540 g/mol. The van der Waals surface area contributed by atoms with E-state index in [1.54, 1.807) is 54.2 Å². The fourth-order valence-corrected chi connectivity index (χ4v) is 17.1. The largest absolute Gasteiger partial charge is 0.480 e. The van der Waals surface area contributed by atoms with E-state index in [9.17, 15) is 72.5 Å².